The molecule has 0 aliphatic rings. The molecule has 3 rings (SSSR count). The van der Waals surface area contributed by atoms with E-state index in [1.54, 1.807) is 19.1 Å². The van der Waals surface area contributed by atoms with Gasteiger partial charge in [-0.15, -0.1) is 0 Å². The Morgan fingerprint density at radius 3 is 2.59 bits per heavy atom. The SMILES string of the molecule is COC(=O)CC(NC(=O)c1cc2ccc(F)cc2nc1C)c1ccccc1. The number of ether oxygens (including phenoxy) is 1. The highest BCUT2D eigenvalue weighted by Gasteiger charge is 2.21. The molecule has 2 aromatic carbocycles. The number of hydrogen-bond acceptors (Lipinski definition) is 4. The van der Waals surface area contributed by atoms with Crippen molar-refractivity contribution in [2.24, 2.45) is 0 Å². The Bertz CT molecular complexity index is 989. The van der Waals surface area contributed by atoms with Gasteiger partial charge in [0, 0.05) is 11.5 Å². The molecule has 1 unspecified atom stereocenters. The van der Waals surface area contributed by atoms with Crippen molar-refractivity contribution in [3.05, 3.63) is 77.2 Å². The lowest BCUT2D eigenvalue weighted by molar-refractivity contribution is -0.141. The number of halogens is 1. The largest absolute Gasteiger partial charge is 0.469 e. The fourth-order valence-electron chi connectivity index (χ4n) is 2.89. The Kier molecular flexibility index (Phi) is 5.45. The smallest absolute Gasteiger partial charge is 0.307 e. The maximum absolute atomic E-state index is 13.4. The van der Waals surface area contributed by atoms with Crippen molar-refractivity contribution in [3.63, 3.8) is 0 Å². The topological polar surface area (TPSA) is 68.3 Å². The highest BCUT2D eigenvalue weighted by molar-refractivity contribution is 5.99. The summed E-state index contributed by atoms with van der Waals surface area (Å²) in [6.45, 7) is 1.69. The number of rotatable bonds is 5. The number of aromatic nitrogens is 1. The van der Waals surface area contributed by atoms with Gasteiger partial charge in [-0.2, -0.15) is 0 Å². The zero-order chi connectivity index (χ0) is 19.4. The number of carbonyl (C=O) groups excluding carboxylic acids is 2. The van der Waals surface area contributed by atoms with Gasteiger partial charge in [-0.25, -0.2) is 4.39 Å². The molecular weight excluding hydrogens is 347 g/mol. The van der Waals surface area contributed by atoms with Gasteiger partial charge < -0.3 is 10.1 Å². The molecule has 1 N–H and O–H groups in total. The number of carbonyl (C=O) groups is 2. The van der Waals surface area contributed by atoms with Crippen LogP contribution in [0.15, 0.2) is 54.6 Å². The first-order chi connectivity index (χ1) is 13.0. The molecule has 27 heavy (non-hydrogen) atoms. The van der Waals surface area contributed by atoms with E-state index in [0.29, 0.717) is 22.2 Å². The molecule has 0 radical (unpaired) electrons. The van der Waals surface area contributed by atoms with Gasteiger partial charge in [0.25, 0.3) is 5.91 Å². The molecule has 1 heterocycles. The van der Waals surface area contributed by atoms with Gasteiger partial charge in [-0.3, -0.25) is 14.6 Å². The summed E-state index contributed by atoms with van der Waals surface area (Å²) in [7, 11) is 1.31. The second-order valence-corrected chi connectivity index (χ2v) is 6.18. The molecule has 1 amide bonds. The molecule has 1 aromatic heterocycles. The van der Waals surface area contributed by atoms with Gasteiger partial charge in [0.05, 0.1) is 36.3 Å². The Morgan fingerprint density at radius 1 is 1.15 bits per heavy atom. The van der Waals surface area contributed by atoms with Crippen molar-refractivity contribution in [1.29, 1.82) is 0 Å². The Labute approximate surface area is 156 Å². The first kappa shape index (κ1) is 18.5. The molecule has 0 bridgehead atoms. The number of fused-ring (bicyclic) bond motifs is 1. The molecule has 6 heteroatoms. The van der Waals surface area contributed by atoms with E-state index in [-0.39, 0.29) is 18.1 Å². The van der Waals surface area contributed by atoms with Gasteiger partial charge in [0.15, 0.2) is 0 Å². The van der Waals surface area contributed by atoms with Crippen LogP contribution in [0.3, 0.4) is 0 Å². The van der Waals surface area contributed by atoms with Gasteiger partial charge in [0.1, 0.15) is 5.82 Å². The van der Waals surface area contributed by atoms with Crippen LogP contribution in [0.25, 0.3) is 10.9 Å². The average Bonchev–Trinajstić information content (AvgIpc) is 2.67. The number of amides is 1. The summed E-state index contributed by atoms with van der Waals surface area (Å²) in [4.78, 5) is 28.9. The number of nitrogens with one attached hydrogen (secondary N) is 1. The Hall–Kier alpha value is -3.28. The van der Waals surface area contributed by atoms with Crippen LogP contribution < -0.4 is 5.32 Å². The number of methoxy groups -OCH3 is 1. The van der Waals surface area contributed by atoms with Crippen LogP contribution in [-0.2, 0) is 9.53 Å². The molecule has 0 aliphatic heterocycles. The second-order valence-electron chi connectivity index (χ2n) is 6.18. The van der Waals surface area contributed by atoms with Crippen LogP contribution in [-0.4, -0.2) is 24.0 Å². The number of benzene rings is 2. The van der Waals surface area contributed by atoms with Crippen molar-refractivity contribution in [1.82, 2.24) is 10.3 Å². The van der Waals surface area contributed by atoms with Gasteiger partial charge >= 0.3 is 5.97 Å². The van der Waals surface area contributed by atoms with Gasteiger partial charge in [0.2, 0.25) is 0 Å². The van der Waals surface area contributed by atoms with Crippen LogP contribution in [0, 0.1) is 12.7 Å². The zero-order valence-corrected chi connectivity index (χ0v) is 15.0. The van der Waals surface area contributed by atoms with Crippen molar-refractivity contribution >= 4 is 22.8 Å². The van der Waals surface area contributed by atoms with E-state index in [9.17, 15) is 14.0 Å². The first-order valence-electron chi connectivity index (χ1n) is 8.47. The standard InChI is InChI=1S/C21H19FN2O3/c1-13-17(10-15-8-9-16(22)11-18(15)23-13)21(26)24-19(12-20(25)27-2)14-6-4-3-5-7-14/h3-11,19H,12H2,1-2H3,(H,24,26). The fraction of sp³-hybridized carbons (Fsp3) is 0.190. The molecule has 0 fully saturated rings. The summed E-state index contributed by atoms with van der Waals surface area (Å²) < 4.78 is 18.1. The van der Waals surface area contributed by atoms with Crippen LogP contribution >= 0.6 is 0 Å². The summed E-state index contributed by atoms with van der Waals surface area (Å²) in [5.41, 5.74) is 2.14. The predicted octanol–water partition coefficient (Wildman–Crippen LogP) is 3.72. The molecule has 5 nitrogen and oxygen atoms in total. The molecule has 1 atom stereocenters. The minimum atomic E-state index is -0.533. The van der Waals surface area contributed by atoms with Crippen molar-refractivity contribution in [2.45, 2.75) is 19.4 Å². The molecule has 0 saturated heterocycles. The summed E-state index contributed by atoms with van der Waals surface area (Å²) in [6.07, 6.45) is 0.0114. The molecule has 0 spiro atoms. The van der Waals surface area contributed by atoms with E-state index in [1.807, 2.05) is 30.3 Å². The van der Waals surface area contributed by atoms with Gasteiger partial charge in [-0.1, -0.05) is 30.3 Å². The number of hydrogen-bond donors (Lipinski definition) is 1. The molecule has 0 aliphatic carbocycles. The second kappa shape index (κ2) is 7.95. The van der Waals surface area contributed by atoms with Crippen molar-refractivity contribution in [2.75, 3.05) is 7.11 Å². The van der Waals surface area contributed by atoms with Crippen molar-refractivity contribution < 1.29 is 18.7 Å². The lowest BCUT2D eigenvalue weighted by atomic mass is 10.0. The molecule has 0 saturated carbocycles. The maximum atomic E-state index is 13.4. The minimum Gasteiger partial charge on any atom is -0.469 e. The maximum Gasteiger partial charge on any atom is 0.307 e. The monoisotopic (exact) mass is 366 g/mol. The van der Waals surface area contributed by atoms with E-state index in [4.69, 9.17) is 4.74 Å². The number of esters is 1. The number of pyridine rings is 1. The van der Waals surface area contributed by atoms with E-state index in [0.717, 1.165) is 5.56 Å². The quantitative estimate of drug-likeness (QED) is 0.699. The van der Waals surface area contributed by atoms with E-state index < -0.39 is 12.0 Å². The first-order valence-corrected chi connectivity index (χ1v) is 8.47. The summed E-state index contributed by atoms with van der Waals surface area (Å²) in [5.74, 6) is -1.16. The molecule has 3 aromatic rings. The van der Waals surface area contributed by atoms with Crippen LogP contribution in [0.2, 0.25) is 0 Å². The molecular formula is C21H19FN2O3. The zero-order valence-electron chi connectivity index (χ0n) is 15.0. The Balaban J connectivity index is 1.91. The highest BCUT2D eigenvalue weighted by Crippen LogP contribution is 2.21. The number of nitrogens with zero attached hydrogens (tertiary/aromatic N) is 1. The van der Waals surface area contributed by atoms with E-state index in [2.05, 4.69) is 10.3 Å². The lowest BCUT2D eigenvalue weighted by Gasteiger charge is -2.19. The van der Waals surface area contributed by atoms with Crippen molar-refractivity contribution in [3.8, 4) is 0 Å². The fourth-order valence-corrected chi connectivity index (χ4v) is 2.89. The molecule has 138 valence electrons. The van der Waals surface area contributed by atoms with Crippen LogP contribution in [0.5, 0.6) is 0 Å². The summed E-state index contributed by atoms with van der Waals surface area (Å²) in [5, 5.41) is 3.54. The average molecular weight is 366 g/mol. The lowest BCUT2D eigenvalue weighted by Crippen LogP contribution is -2.31. The van der Waals surface area contributed by atoms with E-state index in [1.165, 1.54) is 19.2 Å². The van der Waals surface area contributed by atoms with Crippen LogP contribution in [0.1, 0.15) is 34.1 Å². The minimum absolute atomic E-state index is 0.0114. The third kappa shape index (κ3) is 4.28. The highest BCUT2D eigenvalue weighted by atomic mass is 19.1. The van der Waals surface area contributed by atoms with E-state index >= 15 is 0 Å². The summed E-state index contributed by atoms with van der Waals surface area (Å²) in [6, 6.07) is 14.6. The Morgan fingerprint density at radius 2 is 1.89 bits per heavy atom. The third-order valence-corrected chi connectivity index (χ3v) is 4.32. The predicted molar refractivity (Wildman–Crippen MR) is 99.7 cm³/mol. The normalized spacial score (nSPS) is 11.8. The third-order valence-electron chi connectivity index (χ3n) is 4.32. The van der Waals surface area contributed by atoms with Crippen LogP contribution in [0.4, 0.5) is 4.39 Å². The summed E-state index contributed by atoms with van der Waals surface area (Å²) >= 11 is 0. The van der Waals surface area contributed by atoms with Gasteiger partial charge in [-0.05, 0) is 30.7 Å². The number of aryl methyl sites for hydroxylation is 1.